The minimum Gasteiger partial charge on any atom is -0.380 e. The lowest BCUT2D eigenvalue weighted by Crippen LogP contribution is -2.36. The van der Waals surface area contributed by atoms with Crippen molar-refractivity contribution in [2.45, 2.75) is 25.9 Å². The highest BCUT2D eigenvalue weighted by Gasteiger charge is 2.21. The van der Waals surface area contributed by atoms with Gasteiger partial charge in [0, 0.05) is 24.6 Å². The van der Waals surface area contributed by atoms with Crippen LogP contribution < -0.4 is 5.32 Å². The Morgan fingerprint density at radius 3 is 2.50 bits per heavy atom. The molecule has 116 valence electrons. The summed E-state index contributed by atoms with van der Waals surface area (Å²) in [6.07, 6.45) is 0. The van der Waals surface area contributed by atoms with E-state index in [0.29, 0.717) is 18.7 Å². The number of carbonyl (C=O) groups is 1. The molecular formula is C19H23NO2. The number of hydrogen-bond acceptors (Lipinski definition) is 2. The number of ether oxygens (including phenoxy) is 1. The standard InChI is InChI=1S/C19H23NO2/c1-19(2,17-10-5-4-6-11-17)14-20-18(21)16-9-7-8-15(12-16)13-22-3/h4-12H,13-14H2,1-3H3,(H,20,21). The summed E-state index contributed by atoms with van der Waals surface area (Å²) >= 11 is 0. The molecule has 2 rings (SSSR count). The van der Waals surface area contributed by atoms with E-state index in [1.54, 1.807) is 7.11 Å². The van der Waals surface area contributed by atoms with Gasteiger partial charge in [0.05, 0.1) is 6.61 Å². The molecule has 2 aromatic carbocycles. The highest BCUT2D eigenvalue weighted by atomic mass is 16.5. The zero-order valence-corrected chi connectivity index (χ0v) is 13.4. The molecule has 3 nitrogen and oxygen atoms in total. The second-order valence-electron chi connectivity index (χ2n) is 6.07. The van der Waals surface area contributed by atoms with Gasteiger partial charge in [0.1, 0.15) is 0 Å². The highest BCUT2D eigenvalue weighted by Crippen LogP contribution is 2.21. The fraction of sp³-hybridized carbons (Fsp3) is 0.316. The lowest BCUT2D eigenvalue weighted by atomic mass is 9.84. The molecule has 0 saturated carbocycles. The number of hydrogen-bond donors (Lipinski definition) is 1. The van der Waals surface area contributed by atoms with Crippen LogP contribution in [0.3, 0.4) is 0 Å². The van der Waals surface area contributed by atoms with Gasteiger partial charge in [-0.2, -0.15) is 0 Å². The Balaban J connectivity index is 2.02. The van der Waals surface area contributed by atoms with Crippen LogP contribution >= 0.6 is 0 Å². The predicted octanol–water partition coefficient (Wildman–Crippen LogP) is 3.54. The fourth-order valence-corrected chi connectivity index (χ4v) is 2.36. The molecule has 0 aliphatic carbocycles. The molecule has 0 atom stereocenters. The Bertz CT molecular complexity index is 620. The van der Waals surface area contributed by atoms with Crippen molar-refractivity contribution in [2.75, 3.05) is 13.7 Å². The van der Waals surface area contributed by atoms with E-state index < -0.39 is 0 Å². The Kier molecular flexibility index (Phi) is 5.34. The number of amides is 1. The Labute approximate surface area is 132 Å². The Hall–Kier alpha value is -2.13. The maximum atomic E-state index is 12.3. The summed E-state index contributed by atoms with van der Waals surface area (Å²) in [5.74, 6) is -0.0537. The third kappa shape index (κ3) is 4.18. The van der Waals surface area contributed by atoms with Crippen LogP contribution in [0.15, 0.2) is 54.6 Å². The van der Waals surface area contributed by atoms with E-state index in [0.717, 1.165) is 5.56 Å². The summed E-state index contributed by atoms with van der Waals surface area (Å²) in [6.45, 7) is 5.36. The predicted molar refractivity (Wildman–Crippen MR) is 89.0 cm³/mol. The number of rotatable bonds is 6. The average molecular weight is 297 g/mol. The first-order valence-corrected chi connectivity index (χ1v) is 7.44. The van der Waals surface area contributed by atoms with Crippen LogP contribution in [0.25, 0.3) is 0 Å². The van der Waals surface area contributed by atoms with Crippen LogP contribution in [-0.2, 0) is 16.8 Å². The second-order valence-corrected chi connectivity index (χ2v) is 6.07. The molecule has 22 heavy (non-hydrogen) atoms. The third-order valence-corrected chi connectivity index (χ3v) is 3.75. The second kappa shape index (κ2) is 7.23. The molecule has 0 aliphatic heterocycles. The molecule has 2 aromatic rings. The molecular weight excluding hydrogens is 274 g/mol. The quantitative estimate of drug-likeness (QED) is 0.885. The minimum atomic E-state index is -0.110. The van der Waals surface area contributed by atoms with E-state index in [9.17, 15) is 4.79 Å². The highest BCUT2D eigenvalue weighted by molar-refractivity contribution is 5.94. The van der Waals surface area contributed by atoms with E-state index >= 15 is 0 Å². The monoisotopic (exact) mass is 297 g/mol. The van der Waals surface area contributed by atoms with Gasteiger partial charge in [-0.25, -0.2) is 0 Å². The Morgan fingerprint density at radius 2 is 1.82 bits per heavy atom. The van der Waals surface area contributed by atoms with Crippen LogP contribution in [0.2, 0.25) is 0 Å². The molecule has 0 saturated heterocycles. The lowest BCUT2D eigenvalue weighted by Gasteiger charge is -2.25. The van der Waals surface area contributed by atoms with Gasteiger partial charge in [0.2, 0.25) is 0 Å². The zero-order valence-electron chi connectivity index (χ0n) is 13.4. The van der Waals surface area contributed by atoms with E-state index in [-0.39, 0.29) is 11.3 Å². The van der Waals surface area contributed by atoms with E-state index in [1.807, 2.05) is 42.5 Å². The van der Waals surface area contributed by atoms with Crippen molar-refractivity contribution in [1.82, 2.24) is 5.32 Å². The molecule has 0 aliphatic rings. The van der Waals surface area contributed by atoms with Gasteiger partial charge in [-0.3, -0.25) is 4.79 Å². The molecule has 1 N–H and O–H groups in total. The van der Waals surface area contributed by atoms with Crippen molar-refractivity contribution in [2.24, 2.45) is 0 Å². The van der Waals surface area contributed by atoms with Crippen molar-refractivity contribution in [3.63, 3.8) is 0 Å². The SMILES string of the molecule is COCc1cccc(C(=O)NCC(C)(C)c2ccccc2)c1. The zero-order chi connectivity index (χ0) is 16.0. The molecule has 0 spiro atoms. The topological polar surface area (TPSA) is 38.3 Å². The van der Waals surface area contributed by atoms with E-state index in [4.69, 9.17) is 4.74 Å². The van der Waals surface area contributed by atoms with Crippen LogP contribution in [0.5, 0.6) is 0 Å². The number of nitrogens with one attached hydrogen (secondary N) is 1. The van der Waals surface area contributed by atoms with Gasteiger partial charge in [-0.1, -0.05) is 56.3 Å². The summed E-state index contributed by atoms with van der Waals surface area (Å²) in [6, 6.07) is 17.7. The van der Waals surface area contributed by atoms with Crippen LogP contribution in [0, 0.1) is 0 Å². The average Bonchev–Trinajstić information content (AvgIpc) is 2.54. The summed E-state index contributed by atoms with van der Waals surface area (Å²) in [7, 11) is 1.65. The van der Waals surface area contributed by atoms with Crippen molar-refractivity contribution < 1.29 is 9.53 Å². The van der Waals surface area contributed by atoms with Crippen molar-refractivity contribution >= 4 is 5.91 Å². The van der Waals surface area contributed by atoms with Crippen molar-refractivity contribution in [1.29, 1.82) is 0 Å². The smallest absolute Gasteiger partial charge is 0.251 e. The van der Waals surface area contributed by atoms with Crippen LogP contribution in [-0.4, -0.2) is 19.6 Å². The Morgan fingerprint density at radius 1 is 1.09 bits per heavy atom. The maximum Gasteiger partial charge on any atom is 0.251 e. The normalized spacial score (nSPS) is 11.2. The van der Waals surface area contributed by atoms with Crippen molar-refractivity contribution in [3.05, 3.63) is 71.3 Å². The van der Waals surface area contributed by atoms with E-state index in [2.05, 4.69) is 31.3 Å². The van der Waals surface area contributed by atoms with Gasteiger partial charge in [0.25, 0.3) is 5.91 Å². The molecule has 1 amide bonds. The first kappa shape index (κ1) is 16.2. The largest absolute Gasteiger partial charge is 0.380 e. The maximum absolute atomic E-state index is 12.3. The van der Waals surface area contributed by atoms with Gasteiger partial charge in [-0.05, 0) is 23.3 Å². The lowest BCUT2D eigenvalue weighted by molar-refractivity contribution is 0.0945. The summed E-state index contributed by atoms with van der Waals surface area (Å²) in [4.78, 5) is 12.3. The van der Waals surface area contributed by atoms with Crippen LogP contribution in [0.4, 0.5) is 0 Å². The summed E-state index contributed by atoms with van der Waals surface area (Å²) in [5, 5.41) is 3.03. The van der Waals surface area contributed by atoms with Gasteiger partial charge in [0.15, 0.2) is 0 Å². The van der Waals surface area contributed by atoms with Gasteiger partial charge >= 0.3 is 0 Å². The first-order chi connectivity index (χ1) is 10.5. The number of carbonyl (C=O) groups excluding carboxylic acids is 1. The summed E-state index contributed by atoms with van der Waals surface area (Å²) < 4.78 is 5.10. The van der Waals surface area contributed by atoms with E-state index in [1.165, 1.54) is 5.56 Å². The van der Waals surface area contributed by atoms with Gasteiger partial charge < -0.3 is 10.1 Å². The minimum absolute atomic E-state index is 0.0537. The number of benzene rings is 2. The molecule has 0 unspecified atom stereocenters. The fourth-order valence-electron chi connectivity index (χ4n) is 2.36. The molecule has 0 aromatic heterocycles. The number of methoxy groups -OCH3 is 1. The van der Waals surface area contributed by atoms with Crippen molar-refractivity contribution in [3.8, 4) is 0 Å². The van der Waals surface area contributed by atoms with Gasteiger partial charge in [-0.15, -0.1) is 0 Å². The van der Waals surface area contributed by atoms with Crippen LogP contribution in [0.1, 0.15) is 35.3 Å². The molecule has 0 fully saturated rings. The molecule has 0 radical (unpaired) electrons. The molecule has 0 bridgehead atoms. The molecule has 3 heteroatoms. The molecule has 0 heterocycles. The third-order valence-electron chi connectivity index (χ3n) is 3.75. The summed E-state index contributed by atoms with van der Waals surface area (Å²) in [5.41, 5.74) is 2.76. The first-order valence-electron chi connectivity index (χ1n) is 7.44.